The van der Waals surface area contributed by atoms with Gasteiger partial charge in [-0.3, -0.25) is 4.79 Å². The van der Waals surface area contributed by atoms with Gasteiger partial charge in [-0.1, -0.05) is 6.07 Å². The van der Waals surface area contributed by atoms with Gasteiger partial charge in [0.2, 0.25) is 10.0 Å². The van der Waals surface area contributed by atoms with Crippen LogP contribution in [-0.4, -0.2) is 51.4 Å². The van der Waals surface area contributed by atoms with E-state index in [1.54, 1.807) is 12.1 Å². The highest BCUT2D eigenvalue weighted by Crippen LogP contribution is 2.19. The van der Waals surface area contributed by atoms with Crippen molar-refractivity contribution in [2.24, 2.45) is 0 Å². The second-order valence-electron chi connectivity index (χ2n) is 7.13. The molecule has 150 valence electrons. The van der Waals surface area contributed by atoms with Gasteiger partial charge in [0.05, 0.1) is 31.1 Å². The maximum absolute atomic E-state index is 12.9. The van der Waals surface area contributed by atoms with Crippen molar-refractivity contribution >= 4 is 21.6 Å². The first-order valence-corrected chi connectivity index (χ1v) is 10.7. The molecular formula is C20H25FN3O3S+. The Morgan fingerprint density at radius 2 is 1.71 bits per heavy atom. The first-order valence-electron chi connectivity index (χ1n) is 9.22. The van der Waals surface area contributed by atoms with Crippen LogP contribution < -0.4 is 10.2 Å². The number of carbonyl (C=O) groups is 1. The zero-order chi connectivity index (χ0) is 20.3. The summed E-state index contributed by atoms with van der Waals surface area (Å²) in [6, 6.07) is 10.8. The van der Waals surface area contributed by atoms with Crippen LogP contribution in [-0.2, 0) is 14.8 Å². The quantitative estimate of drug-likeness (QED) is 0.778. The van der Waals surface area contributed by atoms with Crippen LogP contribution in [0.5, 0.6) is 0 Å². The van der Waals surface area contributed by atoms with Gasteiger partial charge < -0.3 is 10.2 Å². The predicted octanol–water partition coefficient (Wildman–Crippen LogP) is 0.970. The van der Waals surface area contributed by atoms with Crippen molar-refractivity contribution in [3.05, 3.63) is 59.4 Å². The van der Waals surface area contributed by atoms with E-state index < -0.39 is 10.0 Å². The van der Waals surface area contributed by atoms with E-state index in [-0.39, 0.29) is 18.3 Å². The summed E-state index contributed by atoms with van der Waals surface area (Å²) >= 11 is 0. The fourth-order valence-electron chi connectivity index (χ4n) is 3.21. The number of carbonyl (C=O) groups excluding carboxylic acids is 1. The molecule has 1 fully saturated rings. The number of nitrogens with zero attached hydrogens (tertiary/aromatic N) is 1. The highest BCUT2D eigenvalue weighted by molar-refractivity contribution is 7.89. The van der Waals surface area contributed by atoms with Crippen LogP contribution in [0, 0.1) is 19.7 Å². The number of anilines is 1. The van der Waals surface area contributed by atoms with Gasteiger partial charge in [-0.05, 0) is 61.4 Å². The number of sulfonamides is 1. The van der Waals surface area contributed by atoms with E-state index >= 15 is 0 Å². The van der Waals surface area contributed by atoms with Gasteiger partial charge in [-0.2, -0.15) is 4.31 Å². The number of aryl methyl sites for hydroxylation is 2. The van der Waals surface area contributed by atoms with Gasteiger partial charge >= 0.3 is 0 Å². The summed E-state index contributed by atoms with van der Waals surface area (Å²) in [5.41, 5.74) is 2.55. The van der Waals surface area contributed by atoms with Gasteiger partial charge in [-0.25, -0.2) is 12.8 Å². The van der Waals surface area contributed by atoms with Crippen molar-refractivity contribution in [2.45, 2.75) is 18.7 Å². The lowest BCUT2D eigenvalue weighted by molar-refractivity contribution is -0.895. The van der Waals surface area contributed by atoms with Crippen molar-refractivity contribution in [3.63, 3.8) is 0 Å². The molecular weight excluding hydrogens is 381 g/mol. The Labute approximate surface area is 165 Å². The smallest absolute Gasteiger partial charge is 0.279 e. The van der Waals surface area contributed by atoms with E-state index in [4.69, 9.17) is 0 Å². The average Bonchev–Trinajstić information content (AvgIpc) is 2.66. The maximum Gasteiger partial charge on any atom is 0.279 e. The summed E-state index contributed by atoms with van der Waals surface area (Å²) in [4.78, 5) is 13.5. The zero-order valence-electron chi connectivity index (χ0n) is 16.0. The van der Waals surface area contributed by atoms with Gasteiger partial charge in [0.15, 0.2) is 6.54 Å². The Morgan fingerprint density at radius 1 is 1.07 bits per heavy atom. The van der Waals surface area contributed by atoms with E-state index in [0.717, 1.165) is 16.0 Å². The molecule has 1 saturated heterocycles. The Balaban J connectivity index is 1.55. The Bertz CT molecular complexity index is 953. The van der Waals surface area contributed by atoms with Crippen molar-refractivity contribution in [1.82, 2.24) is 4.31 Å². The summed E-state index contributed by atoms with van der Waals surface area (Å²) in [6.07, 6.45) is 0. The molecule has 2 aromatic rings. The summed E-state index contributed by atoms with van der Waals surface area (Å²) in [5, 5.41) is 2.74. The third kappa shape index (κ3) is 4.76. The van der Waals surface area contributed by atoms with Crippen LogP contribution in [0.25, 0.3) is 0 Å². The van der Waals surface area contributed by atoms with Crippen molar-refractivity contribution in [1.29, 1.82) is 0 Å². The van der Waals surface area contributed by atoms with Crippen molar-refractivity contribution in [2.75, 3.05) is 38.0 Å². The fraction of sp³-hybridized carbons (Fsp3) is 0.350. The molecule has 28 heavy (non-hydrogen) atoms. The molecule has 0 aliphatic carbocycles. The highest BCUT2D eigenvalue weighted by Gasteiger charge is 2.31. The number of nitrogens with one attached hydrogen (secondary N) is 2. The topological polar surface area (TPSA) is 70.9 Å². The minimum absolute atomic E-state index is 0.174. The molecule has 0 saturated carbocycles. The first kappa shape index (κ1) is 20.4. The molecule has 2 N–H and O–H groups in total. The second kappa shape index (κ2) is 8.38. The number of hydrogen-bond donors (Lipinski definition) is 2. The van der Waals surface area contributed by atoms with Crippen molar-refractivity contribution in [3.8, 4) is 0 Å². The van der Waals surface area contributed by atoms with Gasteiger partial charge in [0.1, 0.15) is 5.82 Å². The Hall–Kier alpha value is -2.29. The molecule has 0 bridgehead atoms. The lowest BCUT2D eigenvalue weighted by atomic mass is 10.1. The van der Waals surface area contributed by atoms with Gasteiger partial charge in [0.25, 0.3) is 5.91 Å². The monoisotopic (exact) mass is 406 g/mol. The summed E-state index contributed by atoms with van der Waals surface area (Å²) in [7, 11) is -3.52. The molecule has 1 amide bonds. The fourth-order valence-corrected chi connectivity index (χ4v) is 4.74. The van der Waals surface area contributed by atoms with Crippen LogP contribution in [0.1, 0.15) is 11.1 Å². The molecule has 8 heteroatoms. The minimum Gasteiger partial charge on any atom is -0.325 e. The summed E-state index contributed by atoms with van der Waals surface area (Å²) < 4.78 is 40.1. The summed E-state index contributed by atoms with van der Waals surface area (Å²) in [5.74, 6) is -0.531. The normalized spacial score (nSPS) is 16.1. The molecule has 1 aliphatic rings. The van der Waals surface area contributed by atoms with E-state index in [9.17, 15) is 17.6 Å². The van der Waals surface area contributed by atoms with Crippen molar-refractivity contribution < 1.29 is 22.5 Å². The Morgan fingerprint density at radius 3 is 2.32 bits per heavy atom. The number of hydrogen-bond acceptors (Lipinski definition) is 3. The third-order valence-electron chi connectivity index (χ3n) is 5.08. The van der Waals surface area contributed by atoms with Crippen LogP contribution >= 0.6 is 0 Å². The molecule has 0 radical (unpaired) electrons. The van der Waals surface area contributed by atoms with Crippen LogP contribution in [0.2, 0.25) is 0 Å². The molecule has 6 nitrogen and oxygen atoms in total. The molecule has 2 aromatic carbocycles. The second-order valence-corrected chi connectivity index (χ2v) is 9.07. The van der Waals surface area contributed by atoms with E-state index in [1.807, 2.05) is 19.9 Å². The number of piperazine rings is 1. The van der Waals surface area contributed by atoms with Crippen LogP contribution in [0.3, 0.4) is 0 Å². The molecule has 0 spiro atoms. The van der Waals surface area contributed by atoms with Crippen LogP contribution in [0.15, 0.2) is 47.4 Å². The third-order valence-corrected chi connectivity index (χ3v) is 6.98. The van der Waals surface area contributed by atoms with Crippen LogP contribution in [0.4, 0.5) is 10.1 Å². The first-order chi connectivity index (χ1) is 13.3. The minimum atomic E-state index is -3.52. The lowest BCUT2D eigenvalue weighted by Crippen LogP contribution is -3.15. The predicted molar refractivity (Wildman–Crippen MR) is 105 cm³/mol. The molecule has 0 atom stereocenters. The Kier molecular flexibility index (Phi) is 6.12. The SMILES string of the molecule is Cc1ccc(S(=O)(=O)N2CC[NH+](CC(=O)Nc3ccc(F)cc3)CC2)cc1C. The van der Waals surface area contributed by atoms with E-state index in [0.29, 0.717) is 36.8 Å². The van der Waals surface area contributed by atoms with Gasteiger partial charge in [-0.15, -0.1) is 0 Å². The maximum atomic E-state index is 12.9. The molecule has 3 rings (SSSR count). The number of benzene rings is 2. The number of rotatable bonds is 5. The number of quaternary nitrogens is 1. The van der Waals surface area contributed by atoms with E-state index in [2.05, 4.69) is 5.32 Å². The number of amides is 1. The van der Waals surface area contributed by atoms with E-state index in [1.165, 1.54) is 28.6 Å². The lowest BCUT2D eigenvalue weighted by Gasteiger charge is -2.31. The number of halogens is 1. The molecule has 1 heterocycles. The highest BCUT2D eigenvalue weighted by atomic mass is 32.2. The molecule has 0 unspecified atom stereocenters. The molecule has 0 aromatic heterocycles. The van der Waals surface area contributed by atoms with Gasteiger partial charge in [0, 0.05) is 5.69 Å². The largest absolute Gasteiger partial charge is 0.325 e. The average molecular weight is 407 g/mol. The molecule has 1 aliphatic heterocycles. The summed E-state index contributed by atoms with van der Waals surface area (Å²) in [6.45, 7) is 5.95. The zero-order valence-corrected chi connectivity index (χ0v) is 16.9. The standard InChI is InChI=1S/C20H24FN3O3S/c1-15-3-8-19(13-16(15)2)28(26,27)24-11-9-23(10-12-24)14-20(25)22-18-6-4-17(21)5-7-18/h3-8,13H,9-12,14H2,1-2H3,(H,22,25)/p+1.